The van der Waals surface area contributed by atoms with Crippen molar-refractivity contribution in [2.24, 2.45) is 0 Å². The molecular formula is C16H21FN2S. The molecule has 1 aromatic heterocycles. The lowest BCUT2D eigenvalue weighted by Crippen LogP contribution is -2.18. The van der Waals surface area contributed by atoms with Gasteiger partial charge in [0, 0.05) is 16.8 Å². The van der Waals surface area contributed by atoms with Crippen LogP contribution in [0.15, 0.2) is 24.3 Å². The second-order valence-corrected chi connectivity index (χ2v) is 6.52. The van der Waals surface area contributed by atoms with Crippen LogP contribution in [0, 0.1) is 12.7 Å². The fourth-order valence-corrected chi connectivity index (χ4v) is 3.24. The fraction of sp³-hybridized carbons (Fsp3) is 0.438. The van der Waals surface area contributed by atoms with Crippen molar-refractivity contribution < 1.29 is 4.39 Å². The van der Waals surface area contributed by atoms with Crippen molar-refractivity contribution >= 4 is 11.3 Å². The molecule has 4 heteroatoms. The van der Waals surface area contributed by atoms with Gasteiger partial charge in [0.05, 0.1) is 5.69 Å². The zero-order chi connectivity index (χ0) is 14.8. The van der Waals surface area contributed by atoms with Crippen LogP contribution in [-0.4, -0.2) is 11.5 Å². The first kappa shape index (κ1) is 15.1. The molecule has 108 valence electrons. The van der Waals surface area contributed by atoms with Crippen molar-refractivity contribution in [2.75, 3.05) is 6.54 Å². The van der Waals surface area contributed by atoms with E-state index in [1.165, 1.54) is 17.0 Å². The summed E-state index contributed by atoms with van der Waals surface area (Å²) in [6.45, 7) is 10.2. The number of halogens is 1. The van der Waals surface area contributed by atoms with Crippen LogP contribution in [0.3, 0.4) is 0 Å². The Morgan fingerprint density at radius 1 is 1.25 bits per heavy atom. The normalized spacial score (nSPS) is 11.8. The lowest BCUT2D eigenvalue weighted by atomic mass is 9.85. The highest BCUT2D eigenvalue weighted by molar-refractivity contribution is 7.11. The first-order valence-electron chi connectivity index (χ1n) is 6.88. The van der Waals surface area contributed by atoms with E-state index in [2.05, 4.69) is 26.1 Å². The van der Waals surface area contributed by atoms with Crippen LogP contribution in [0.5, 0.6) is 0 Å². The van der Waals surface area contributed by atoms with Crippen molar-refractivity contribution in [1.82, 2.24) is 10.3 Å². The van der Waals surface area contributed by atoms with Crippen LogP contribution >= 0.6 is 11.3 Å². The van der Waals surface area contributed by atoms with Gasteiger partial charge in [0.2, 0.25) is 0 Å². The Balaban J connectivity index is 2.31. The second-order valence-electron chi connectivity index (χ2n) is 5.44. The molecular weight excluding hydrogens is 271 g/mol. The number of hydrogen-bond donors (Lipinski definition) is 1. The number of benzene rings is 1. The number of rotatable bonds is 5. The number of nitrogens with one attached hydrogen (secondary N) is 1. The average Bonchev–Trinajstić information content (AvgIpc) is 2.79. The molecule has 1 aromatic carbocycles. The summed E-state index contributed by atoms with van der Waals surface area (Å²) in [6.07, 6.45) is 0. The highest BCUT2D eigenvalue weighted by Gasteiger charge is 2.27. The molecule has 1 N–H and O–H groups in total. The molecule has 0 radical (unpaired) electrons. The van der Waals surface area contributed by atoms with Gasteiger partial charge in [0.25, 0.3) is 0 Å². The first-order valence-corrected chi connectivity index (χ1v) is 7.70. The van der Waals surface area contributed by atoms with Gasteiger partial charge in [-0.25, -0.2) is 9.37 Å². The maximum absolute atomic E-state index is 13.1. The minimum absolute atomic E-state index is 0.201. The molecule has 0 aliphatic heterocycles. The van der Waals surface area contributed by atoms with Crippen molar-refractivity contribution in [2.45, 2.75) is 39.7 Å². The highest BCUT2D eigenvalue weighted by atomic mass is 32.1. The quantitative estimate of drug-likeness (QED) is 0.900. The molecule has 1 heterocycles. The van der Waals surface area contributed by atoms with Gasteiger partial charge in [-0.2, -0.15) is 0 Å². The molecule has 2 rings (SSSR count). The Morgan fingerprint density at radius 3 is 2.50 bits per heavy atom. The molecule has 0 aliphatic rings. The lowest BCUT2D eigenvalue weighted by Gasteiger charge is -2.22. The highest BCUT2D eigenvalue weighted by Crippen LogP contribution is 2.35. The zero-order valence-corrected chi connectivity index (χ0v) is 13.3. The molecule has 0 fully saturated rings. The summed E-state index contributed by atoms with van der Waals surface area (Å²) in [5, 5.41) is 4.42. The monoisotopic (exact) mass is 292 g/mol. The topological polar surface area (TPSA) is 24.9 Å². The molecule has 2 nitrogen and oxygen atoms in total. The number of aryl methyl sites for hydroxylation is 1. The number of aromatic nitrogens is 1. The lowest BCUT2D eigenvalue weighted by molar-refractivity contribution is 0.611. The van der Waals surface area contributed by atoms with Crippen molar-refractivity contribution in [1.29, 1.82) is 0 Å². The Kier molecular flexibility index (Phi) is 4.55. The van der Waals surface area contributed by atoms with Crippen molar-refractivity contribution in [3.63, 3.8) is 0 Å². The van der Waals surface area contributed by atoms with Gasteiger partial charge in [-0.15, -0.1) is 11.3 Å². The standard InChI is InChI=1S/C16H21FN2S/c1-5-18-10-14-11(2)19-15(20-14)16(3,4)12-6-8-13(17)9-7-12/h6-9,18H,5,10H2,1-4H3. The largest absolute Gasteiger partial charge is 0.312 e. The number of nitrogens with zero attached hydrogens (tertiary/aromatic N) is 1. The van der Waals surface area contributed by atoms with E-state index in [9.17, 15) is 4.39 Å². The maximum atomic E-state index is 13.1. The van der Waals surface area contributed by atoms with Gasteiger partial charge in [-0.05, 0) is 45.0 Å². The van der Waals surface area contributed by atoms with E-state index in [4.69, 9.17) is 4.98 Å². The van der Waals surface area contributed by atoms with Crippen LogP contribution in [0.25, 0.3) is 0 Å². The van der Waals surface area contributed by atoms with Crippen LogP contribution < -0.4 is 5.32 Å². The Morgan fingerprint density at radius 2 is 1.90 bits per heavy atom. The third kappa shape index (κ3) is 3.07. The van der Waals surface area contributed by atoms with Crippen LogP contribution in [-0.2, 0) is 12.0 Å². The fourth-order valence-electron chi connectivity index (χ4n) is 2.09. The Hall–Kier alpha value is -1.26. The van der Waals surface area contributed by atoms with Gasteiger partial charge in [-0.1, -0.05) is 19.1 Å². The van der Waals surface area contributed by atoms with Crippen LogP contribution in [0.2, 0.25) is 0 Å². The van der Waals surface area contributed by atoms with E-state index in [1.807, 2.05) is 19.1 Å². The Labute approximate surface area is 124 Å². The van der Waals surface area contributed by atoms with Crippen molar-refractivity contribution in [3.05, 3.63) is 51.2 Å². The first-order chi connectivity index (χ1) is 9.45. The maximum Gasteiger partial charge on any atom is 0.123 e. The summed E-state index contributed by atoms with van der Waals surface area (Å²) in [5.41, 5.74) is 1.97. The minimum atomic E-state index is -0.201. The van der Waals surface area contributed by atoms with E-state index in [-0.39, 0.29) is 11.2 Å². The van der Waals surface area contributed by atoms with Gasteiger partial charge in [-0.3, -0.25) is 0 Å². The molecule has 0 bridgehead atoms. The average molecular weight is 292 g/mol. The van der Waals surface area contributed by atoms with Gasteiger partial charge < -0.3 is 5.32 Å². The predicted octanol–water partition coefficient (Wildman–Crippen LogP) is 4.03. The van der Waals surface area contributed by atoms with E-state index in [0.717, 1.165) is 29.4 Å². The second kappa shape index (κ2) is 6.02. The molecule has 0 aliphatic carbocycles. The molecule has 2 aromatic rings. The molecule has 0 spiro atoms. The van der Waals surface area contributed by atoms with Gasteiger partial charge >= 0.3 is 0 Å². The van der Waals surface area contributed by atoms with Crippen LogP contribution in [0.4, 0.5) is 4.39 Å². The van der Waals surface area contributed by atoms with Gasteiger partial charge in [0.1, 0.15) is 10.8 Å². The number of thiazole rings is 1. The summed E-state index contributed by atoms with van der Waals surface area (Å²) in [5.74, 6) is -0.201. The summed E-state index contributed by atoms with van der Waals surface area (Å²) in [7, 11) is 0. The number of hydrogen-bond acceptors (Lipinski definition) is 3. The summed E-state index contributed by atoms with van der Waals surface area (Å²) >= 11 is 1.74. The summed E-state index contributed by atoms with van der Waals surface area (Å²) in [4.78, 5) is 5.99. The zero-order valence-electron chi connectivity index (χ0n) is 12.5. The molecule has 0 unspecified atom stereocenters. The Bertz CT molecular complexity index is 573. The SMILES string of the molecule is CCNCc1sc(C(C)(C)c2ccc(F)cc2)nc1C. The predicted molar refractivity (Wildman–Crippen MR) is 82.8 cm³/mol. The van der Waals surface area contributed by atoms with E-state index in [0.29, 0.717) is 0 Å². The molecule has 0 saturated carbocycles. The summed E-state index contributed by atoms with van der Waals surface area (Å²) in [6, 6.07) is 6.71. The third-order valence-corrected chi connectivity index (χ3v) is 5.01. The summed E-state index contributed by atoms with van der Waals surface area (Å²) < 4.78 is 13.1. The van der Waals surface area contributed by atoms with Gasteiger partial charge in [0.15, 0.2) is 0 Å². The van der Waals surface area contributed by atoms with Crippen molar-refractivity contribution in [3.8, 4) is 0 Å². The van der Waals surface area contributed by atoms with E-state index < -0.39 is 0 Å². The van der Waals surface area contributed by atoms with E-state index in [1.54, 1.807) is 11.3 Å². The third-order valence-electron chi connectivity index (χ3n) is 3.53. The molecule has 20 heavy (non-hydrogen) atoms. The smallest absolute Gasteiger partial charge is 0.123 e. The minimum Gasteiger partial charge on any atom is -0.312 e. The molecule has 0 amide bonds. The van der Waals surface area contributed by atoms with Crippen LogP contribution in [0.1, 0.15) is 41.9 Å². The molecule has 0 saturated heterocycles. The van der Waals surface area contributed by atoms with E-state index >= 15 is 0 Å². The molecule has 0 atom stereocenters.